The molecular weight excluding hydrogens is 409 g/mol. The first-order valence-corrected chi connectivity index (χ1v) is 8.85. The molecule has 6 heteroatoms. The van der Waals surface area contributed by atoms with Crippen LogP contribution in [0.5, 0.6) is 0 Å². The van der Waals surface area contributed by atoms with Gasteiger partial charge in [-0.2, -0.15) is 0 Å². The van der Waals surface area contributed by atoms with Crippen LogP contribution in [0.4, 0.5) is 0 Å². The number of nitrogens with zero attached hydrogens (tertiary/aromatic N) is 1. The van der Waals surface area contributed by atoms with Crippen molar-refractivity contribution in [2.24, 2.45) is 4.99 Å². The summed E-state index contributed by atoms with van der Waals surface area (Å²) >= 11 is 0. The molecule has 126 valence electrons. The van der Waals surface area contributed by atoms with E-state index in [-0.39, 0.29) is 29.5 Å². The number of hydrogen-bond donors (Lipinski definition) is 2. The minimum absolute atomic E-state index is 0. The lowest BCUT2D eigenvalue weighted by molar-refractivity contribution is 0.502. The highest BCUT2D eigenvalue weighted by Gasteiger charge is 2.11. The zero-order valence-electron chi connectivity index (χ0n) is 13.9. The highest BCUT2D eigenvalue weighted by atomic mass is 127. The van der Waals surface area contributed by atoms with E-state index in [9.17, 15) is 4.21 Å². The van der Waals surface area contributed by atoms with Gasteiger partial charge in [-0.05, 0) is 33.3 Å². The van der Waals surface area contributed by atoms with Crippen LogP contribution in [0.15, 0.2) is 35.3 Å². The van der Waals surface area contributed by atoms with Gasteiger partial charge in [-0.3, -0.25) is 9.20 Å². The molecule has 0 heterocycles. The quantitative estimate of drug-likeness (QED) is 0.409. The number of rotatable bonds is 6. The van der Waals surface area contributed by atoms with Crippen LogP contribution in [0.25, 0.3) is 0 Å². The molecule has 0 bridgehead atoms. The number of benzene rings is 1. The summed E-state index contributed by atoms with van der Waals surface area (Å²) in [5.41, 5.74) is 1.07. The van der Waals surface area contributed by atoms with Crippen LogP contribution in [0.3, 0.4) is 0 Å². The average Bonchev–Trinajstić information content (AvgIpc) is 2.38. The fourth-order valence-corrected chi connectivity index (χ4v) is 2.76. The van der Waals surface area contributed by atoms with Crippen molar-refractivity contribution >= 4 is 40.7 Å². The predicted molar refractivity (Wildman–Crippen MR) is 107 cm³/mol. The van der Waals surface area contributed by atoms with Crippen molar-refractivity contribution in [1.29, 1.82) is 0 Å². The monoisotopic (exact) mass is 437 g/mol. The number of nitrogens with one attached hydrogen (secondary N) is 2. The Bertz CT molecular complexity index is 472. The minimum Gasteiger partial charge on any atom is -0.357 e. The summed E-state index contributed by atoms with van der Waals surface area (Å²) in [6.07, 6.45) is 0. The third-order valence-corrected chi connectivity index (χ3v) is 3.89. The van der Waals surface area contributed by atoms with Crippen LogP contribution in [0.1, 0.15) is 33.3 Å². The molecule has 22 heavy (non-hydrogen) atoms. The Morgan fingerprint density at radius 1 is 1.23 bits per heavy atom. The largest absolute Gasteiger partial charge is 0.357 e. The first-order valence-electron chi connectivity index (χ1n) is 7.36. The third kappa shape index (κ3) is 10.2. The topological polar surface area (TPSA) is 53.5 Å². The minimum atomic E-state index is -0.877. The molecule has 0 amide bonds. The SMILES string of the molecule is CCNC(=NCCS(=O)Cc1ccccc1)NC(C)(C)C.I. The number of guanidine groups is 1. The maximum atomic E-state index is 12.0. The van der Waals surface area contributed by atoms with Crippen molar-refractivity contribution in [3.8, 4) is 0 Å². The second-order valence-corrected chi connectivity index (χ2v) is 7.49. The lowest BCUT2D eigenvalue weighted by Gasteiger charge is -2.23. The zero-order valence-corrected chi connectivity index (χ0v) is 17.0. The number of aliphatic imine (C=N–C) groups is 1. The molecule has 0 radical (unpaired) electrons. The van der Waals surface area contributed by atoms with E-state index in [0.29, 0.717) is 18.1 Å². The summed E-state index contributed by atoms with van der Waals surface area (Å²) in [5, 5.41) is 6.52. The van der Waals surface area contributed by atoms with E-state index >= 15 is 0 Å². The molecule has 1 unspecified atom stereocenters. The molecule has 0 aliphatic heterocycles. The van der Waals surface area contributed by atoms with Gasteiger partial charge in [0.05, 0.1) is 6.54 Å². The molecule has 0 saturated carbocycles. The molecule has 1 rings (SSSR count). The van der Waals surface area contributed by atoms with Gasteiger partial charge in [0.15, 0.2) is 5.96 Å². The second kappa shape index (κ2) is 11.0. The van der Waals surface area contributed by atoms with Gasteiger partial charge >= 0.3 is 0 Å². The molecule has 0 aliphatic rings. The highest BCUT2D eigenvalue weighted by Crippen LogP contribution is 2.03. The Morgan fingerprint density at radius 3 is 2.41 bits per heavy atom. The second-order valence-electron chi connectivity index (χ2n) is 5.91. The fourth-order valence-electron chi connectivity index (χ4n) is 1.75. The molecule has 1 aromatic rings. The predicted octanol–water partition coefficient (Wildman–Crippen LogP) is 2.91. The molecule has 0 aromatic heterocycles. The third-order valence-electron chi connectivity index (χ3n) is 2.60. The van der Waals surface area contributed by atoms with Gasteiger partial charge in [-0.25, -0.2) is 0 Å². The normalized spacial score (nSPS) is 13.2. The van der Waals surface area contributed by atoms with E-state index < -0.39 is 10.8 Å². The zero-order chi connectivity index (χ0) is 15.7. The van der Waals surface area contributed by atoms with Crippen LogP contribution >= 0.6 is 24.0 Å². The maximum Gasteiger partial charge on any atom is 0.191 e. The number of halogens is 1. The van der Waals surface area contributed by atoms with Crippen molar-refractivity contribution in [2.45, 2.75) is 39.0 Å². The van der Waals surface area contributed by atoms with E-state index in [1.807, 2.05) is 37.3 Å². The molecule has 0 saturated heterocycles. The van der Waals surface area contributed by atoms with Gasteiger partial charge in [-0.15, -0.1) is 24.0 Å². The molecule has 1 aromatic carbocycles. The standard InChI is InChI=1S/C16H27N3OS.HI/c1-5-17-15(19-16(2,3)4)18-11-12-21(20)13-14-9-7-6-8-10-14;/h6-10H,5,11-13H2,1-4H3,(H2,17,18,19);1H. The first kappa shape index (κ1) is 21.4. The van der Waals surface area contributed by atoms with Gasteiger partial charge in [0, 0.05) is 34.4 Å². The lowest BCUT2D eigenvalue weighted by atomic mass is 10.1. The molecule has 4 nitrogen and oxygen atoms in total. The van der Waals surface area contributed by atoms with Gasteiger partial charge in [0.2, 0.25) is 0 Å². The van der Waals surface area contributed by atoms with E-state index in [1.165, 1.54) is 0 Å². The highest BCUT2D eigenvalue weighted by molar-refractivity contribution is 14.0. The van der Waals surface area contributed by atoms with E-state index in [0.717, 1.165) is 18.1 Å². The van der Waals surface area contributed by atoms with Crippen LogP contribution in [-0.2, 0) is 16.6 Å². The van der Waals surface area contributed by atoms with Crippen LogP contribution in [-0.4, -0.2) is 34.5 Å². The number of hydrogen-bond acceptors (Lipinski definition) is 2. The summed E-state index contributed by atoms with van der Waals surface area (Å²) in [6.45, 7) is 9.68. The fraction of sp³-hybridized carbons (Fsp3) is 0.562. The van der Waals surface area contributed by atoms with E-state index in [1.54, 1.807) is 0 Å². The Balaban J connectivity index is 0.00000441. The summed E-state index contributed by atoms with van der Waals surface area (Å²) < 4.78 is 12.0. The summed E-state index contributed by atoms with van der Waals surface area (Å²) in [7, 11) is -0.877. The maximum absolute atomic E-state index is 12.0. The van der Waals surface area contributed by atoms with Crippen molar-refractivity contribution < 1.29 is 4.21 Å². The Hall–Kier alpha value is -0.630. The van der Waals surface area contributed by atoms with Crippen molar-refractivity contribution in [2.75, 3.05) is 18.8 Å². The van der Waals surface area contributed by atoms with Gasteiger partial charge in [0.1, 0.15) is 0 Å². The van der Waals surface area contributed by atoms with Crippen LogP contribution < -0.4 is 10.6 Å². The van der Waals surface area contributed by atoms with Gasteiger partial charge < -0.3 is 10.6 Å². The van der Waals surface area contributed by atoms with Crippen molar-refractivity contribution in [3.63, 3.8) is 0 Å². The van der Waals surface area contributed by atoms with E-state index in [2.05, 4.69) is 36.4 Å². The smallest absolute Gasteiger partial charge is 0.191 e. The van der Waals surface area contributed by atoms with Crippen molar-refractivity contribution in [3.05, 3.63) is 35.9 Å². The summed E-state index contributed by atoms with van der Waals surface area (Å²) in [5.74, 6) is 1.96. The Morgan fingerprint density at radius 2 is 1.86 bits per heavy atom. The summed E-state index contributed by atoms with van der Waals surface area (Å²) in [6, 6.07) is 9.93. The molecule has 0 aliphatic carbocycles. The van der Waals surface area contributed by atoms with Crippen LogP contribution in [0, 0.1) is 0 Å². The van der Waals surface area contributed by atoms with Gasteiger partial charge in [0.25, 0.3) is 0 Å². The van der Waals surface area contributed by atoms with E-state index in [4.69, 9.17) is 0 Å². The summed E-state index contributed by atoms with van der Waals surface area (Å²) in [4.78, 5) is 4.48. The average molecular weight is 437 g/mol. The first-order chi connectivity index (χ1) is 9.90. The molecule has 2 N–H and O–H groups in total. The Labute approximate surface area is 154 Å². The molecular formula is C16H28IN3OS. The molecule has 1 atom stereocenters. The lowest BCUT2D eigenvalue weighted by Crippen LogP contribution is -2.47. The van der Waals surface area contributed by atoms with Crippen molar-refractivity contribution in [1.82, 2.24) is 10.6 Å². The van der Waals surface area contributed by atoms with Crippen LogP contribution in [0.2, 0.25) is 0 Å². The molecule has 0 fully saturated rings. The Kier molecular flexibility index (Phi) is 10.7. The molecule has 0 spiro atoms. The van der Waals surface area contributed by atoms with Gasteiger partial charge in [-0.1, -0.05) is 30.3 Å².